The summed E-state index contributed by atoms with van der Waals surface area (Å²) in [4.78, 5) is 25.5. The molecule has 4 aromatic carbocycles. The van der Waals surface area contributed by atoms with Crippen molar-refractivity contribution in [1.29, 1.82) is 0 Å². The van der Waals surface area contributed by atoms with E-state index in [4.69, 9.17) is 4.74 Å². The first-order valence-corrected chi connectivity index (χ1v) is 18.2. The monoisotopic (exact) mass is 678 g/mol. The number of para-hydroxylation sites is 1. The van der Waals surface area contributed by atoms with E-state index >= 15 is 0 Å². The van der Waals surface area contributed by atoms with Crippen molar-refractivity contribution in [3.63, 3.8) is 0 Å². The molecule has 0 aliphatic carbocycles. The highest BCUT2D eigenvalue weighted by Crippen LogP contribution is 2.33. The molecular formula is C43H46N6O2. The molecule has 0 saturated carbocycles. The Morgan fingerprint density at radius 2 is 1.47 bits per heavy atom. The van der Waals surface area contributed by atoms with Crippen molar-refractivity contribution in [1.82, 2.24) is 28.8 Å². The number of rotatable bonds is 10. The standard InChI is InChI=1S/C43H46N6O2/c1-45-22-24-48(25-23-45)43(50)42-31-47(30-41(42)40-13-7-9-35-8-5-6-12-39(35)40)29-36-26-44-32-49(36)28-34-18-20-46(21-19-34)27-33-14-16-38(17-15-33)51-37-10-3-2-4-11-37/h2-17,26,30-32,34H,18-25,27-29H2,1H3. The maximum Gasteiger partial charge on any atom is 0.256 e. The van der Waals surface area contributed by atoms with Crippen LogP contribution in [-0.2, 0) is 19.6 Å². The van der Waals surface area contributed by atoms with Crippen molar-refractivity contribution in [3.8, 4) is 22.6 Å². The molecule has 1 amide bonds. The minimum Gasteiger partial charge on any atom is -0.457 e. The zero-order valence-corrected chi connectivity index (χ0v) is 29.4. The highest BCUT2D eigenvalue weighted by molar-refractivity contribution is 6.06. The molecule has 6 aromatic rings. The van der Waals surface area contributed by atoms with Crippen molar-refractivity contribution in [2.24, 2.45) is 5.92 Å². The normalized spacial score (nSPS) is 16.1. The summed E-state index contributed by atoms with van der Waals surface area (Å²) in [6, 6.07) is 33.2. The Morgan fingerprint density at radius 1 is 0.745 bits per heavy atom. The van der Waals surface area contributed by atoms with Gasteiger partial charge in [-0.3, -0.25) is 9.69 Å². The molecule has 260 valence electrons. The van der Waals surface area contributed by atoms with Gasteiger partial charge in [-0.1, -0.05) is 72.8 Å². The molecule has 2 aliphatic rings. The van der Waals surface area contributed by atoms with Gasteiger partial charge in [0.1, 0.15) is 11.5 Å². The minimum atomic E-state index is 0.113. The number of piperidine rings is 1. The molecule has 0 bridgehead atoms. The number of hydrogen-bond donors (Lipinski definition) is 0. The van der Waals surface area contributed by atoms with Gasteiger partial charge in [0.15, 0.2) is 0 Å². The van der Waals surface area contributed by atoms with E-state index in [0.717, 1.165) is 104 Å². The molecule has 2 aliphatic heterocycles. The van der Waals surface area contributed by atoms with Gasteiger partial charge in [-0.2, -0.15) is 0 Å². The first-order chi connectivity index (χ1) is 25.1. The lowest BCUT2D eigenvalue weighted by molar-refractivity contribution is 0.0665. The zero-order chi connectivity index (χ0) is 34.6. The van der Waals surface area contributed by atoms with Crippen LogP contribution in [0.2, 0.25) is 0 Å². The first kappa shape index (κ1) is 33.0. The Kier molecular flexibility index (Phi) is 9.68. The van der Waals surface area contributed by atoms with Crippen LogP contribution >= 0.6 is 0 Å². The van der Waals surface area contributed by atoms with Crippen LogP contribution < -0.4 is 4.74 Å². The fraction of sp³-hybridized carbons (Fsp3) is 0.302. The predicted molar refractivity (Wildman–Crippen MR) is 203 cm³/mol. The third-order valence-corrected chi connectivity index (χ3v) is 10.6. The molecule has 0 radical (unpaired) electrons. The van der Waals surface area contributed by atoms with Gasteiger partial charge in [0.2, 0.25) is 0 Å². The lowest BCUT2D eigenvalue weighted by Gasteiger charge is -2.32. The topological polar surface area (TPSA) is 58.8 Å². The molecule has 51 heavy (non-hydrogen) atoms. The van der Waals surface area contributed by atoms with E-state index in [-0.39, 0.29) is 5.91 Å². The van der Waals surface area contributed by atoms with Crippen LogP contribution in [0.25, 0.3) is 21.9 Å². The first-order valence-electron chi connectivity index (χ1n) is 18.2. The molecular weight excluding hydrogens is 633 g/mol. The molecule has 4 heterocycles. The number of imidazole rings is 1. The Labute approximate surface area is 300 Å². The number of carbonyl (C=O) groups excluding carboxylic acids is 1. The largest absolute Gasteiger partial charge is 0.457 e. The average molecular weight is 679 g/mol. The predicted octanol–water partition coefficient (Wildman–Crippen LogP) is 7.65. The summed E-state index contributed by atoms with van der Waals surface area (Å²) >= 11 is 0. The second-order valence-electron chi connectivity index (χ2n) is 14.2. The number of ether oxygens (including phenoxy) is 1. The molecule has 8 rings (SSSR count). The molecule has 0 N–H and O–H groups in total. The maximum atomic E-state index is 14.1. The highest BCUT2D eigenvalue weighted by Gasteiger charge is 2.26. The van der Waals surface area contributed by atoms with E-state index in [9.17, 15) is 4.79 Å². The van der Waals surface area contributed by atoms with Crippen molar-refractivity contribution in [3.05, 3.63) is 139 Å². The Balaban J connectivity index is 0.930. The van der Waals surface area contributed by atoms with Gasteiger partial charge < -0.3 is 23.7 Å². The number of nitrogens with zero attached hydrogens (tertiary/aromatic N) is 6. The molecule has 2 fully saturated rings. The average Bonchev–Trinajstić information content (AvgIpc) is 3.80. The molecule has 2 aromatic heterocycles. The van der Waals surface area contributed by atoms with Crippen LogP contribution in [0.3, 0.4) is 0 Å². The van der Waals surface area contributed by atoms with Gasteiger partial charge in [-0.05, 0) is 85.1 Å². The lowest BCUT2D eigenvalue weighted by atomic mass is 9.96. The second-order valence-corrected chi connectivity index (χ2v) is 14.2. The summed E-state index contributed by atoms with van der Waals surface area (Å²) in [5, 5.41) is 2.34. The molecule has 2 saturated heterocycles. The summed E-state index contributed by atoms with van der Waals surface area (Å²) in [5.41, 5.74) is 5.33. The van der Waals surface area contributed by atoms with Crippen LogP contribution in [-0.4, -0.2) is 81.0 Å². The number of piperazine rings is 1. The quantitative estimate of drug-likeness (QED) is 0.149. The van der Waals surface area contributed by atoms with Crippen molar-refractivity contribution >= 4 is 16.7 Å². The number of benzene rings is 4. The fourth-order valence-corrected chi connectivity index (χ4v) is 7.61. The van der Waals surface area contributed by atoms with E-state index in [1.807, 2.05) is 47.8 Å². The van der Waals surface area contributed by atoms with Gasteiger partial charge in [0, 0.05) is 63.4 Å². The number of carbonyl (C=O) groups is 1. The van der Waals surface area contributed by atoms with Crippen LogP contribution in [0.4, 0.5) is 0 Å². The Hall–Kier alpha value is -5.18. The van der Waals surface area contributed by atoms with E-state index in [2.05, 4.69) is 110 Å². The number of aromatic nitrogens is 3. The van der Waals surface area contributed by atoms with E-state index < -0.39 is 0 Å². The minimum absolute atomic E-state index is 0.113. The summed E-state index contributed by atoms with van der Waals surface area (Å²) in [6.45, 7) is 8.03. The van der Waals surface area contributed by atoms with Crippen LogP contribution in [0, 0.1) is 5.92 Å². The second kappa shape index (κ2) is 15.0. The van der Waals surface area contributed by atoms with Gasteiger partial charge in [0.05, 0.1) is 24.1 Å². The molecule has 8 heteroatoms. The Bertz CT molecular complexity index is 2060. The summed E-state index contributed by atoms with van der Waals surface area (Å²) < 4.78 is 10.5. The summed E-state index contributed by atoms with van der Waals surface area (Å²) in [6.07, 6.45) is 10.5. The molecule has 0 spiro atoms. The number of amides is 1. The third-order valence-electron chi connectivity index (χ3n) is 10.6. The third kappa shape index (κ3) is 7.62. The van der Waals surface area contributed by atoms with E-state index in [1.54, 1.807) is 0 Å². The number of likely N-dealkylation sites (tertiary alicyclic amines) is 1. The molecule has 0 unspecified atom stereocenters. The lowest BCUT2D eigenvalue weighted by Crippen LogP contribution is -2.47. The van der Waals surface area contributed by atoms with Crippen molar-refractivity contribution < 1.29 is 9.53 Å². The summed E-state index contributed by atoms with van der Waals surface area (Å²) in [7, 11) is 2.12. The molecule has 8 nitrogen and oxygen atoms in total. The van der Waals surface area contributed by atoms with Gasteiger partial charge >= 0.3 is 0 Å². The number of hydrogen-bond acceptors (Lipinski definition) is 5. The smallest absolute Gasteiger partial charge is 0.256 e. The SMILES string of the molecule is CN1CCN(C(=O)c2cn(Cc3cncn3CC3CCN(Cc4ccc(Oc5ccccc5)cc4)CC3)cc2-c2cccc3ccccc23)CC1. The summed E-state index contributed by atoms with van der Waals surface area (Å²) in [5.74, 6) is 2.43. The Morgan fingerprint density at radius 3 is 2.27 bits per heavy atom. The van der Waals surface area contributed by atoms with E-state index in [1.165, 1.54) is 10.9 Å². The van der Waals surface area contributed by atoms with Crippen LogP contribution in [0.1, 0.15) is 34.5 Å². The number of fused-ring (bicyclic) bond motifs is 1. The molecule has 0 atom stereocenters. The van der Waals surface area contributed by atoms with Crippen molar-refractivity contribution in [2.75, 3.05) is 46.3 Å². The van der Waals surface area contributed by atoms with Crippen molar-refractivity contribution in [2.45, 2.75) is 32.5 Å². The zero-order valence-electron chi connectivity index (χ0n) is 29.4. The van der Waals surface area contributed by atoms with Gasteiger partial charge in [0.25, 0.3) is 5.91 Å². The highest BCUT2D eigenvalue weighted by atomic mass is 16.5. The van der Waals surface area contributed by atoms with Crippen LogP contribution in [0.5, 0.6) is 11.5 Å². The van der Waals surface area contributed by atoms with Gasteiger partial charge in [-0.15, -0.1) is 0 Å². The number of likely N-dealkylation sites (N-methyl/N-ethyl adjacent to an activating group) is 1. The van der Waals surface area contributed by atoms with Gasteiger partial charge in [-0.25, -0.2) is 4.98 Å². The maximum absolute atomic E-state index is 14.1. The fourth-order valence-electron chi connectivity index (χ4n) is 7.61. The van der Waals surface area contributed by atoms with E-state index in [0.29, 0.717) is 12.5 Å². The van der Waals surface area contributed by atoms with Crippen LogP contribution in [0.15, 0.2) is 122 Å².